The molecule has 0 bridgehead atoms. The molecule has 0 aliphatic carbocycles. The summed E-state index contributed by atoms with van der Waals surface area (Å²) in [5.41, 5.74) is 1.38. The molecule has 1 saturated heterocycles. The van der Waals surface area contributed by atoms with Crippen LogP contribution in [-0.4, -0.2) is 32.5 Å². The van der Waals surface area contributed by atoms with Crippen LogP contribution in [0.25, 0.3) is 0 Å². The highest BCUT2D eigenvalue weighted by Gasteiger charge is 2.19. The van der Waals surface area contributed by atoms with Gasteiger partial charge < -0.3 is 10.2 Å². The van der Waals surface area contributed by atoms with E-state index < -0.39 is 9.84 Å². The van der Waals surface area contributed by atoms with E-state index in [2.05, 4.69) is 5.32 Å². The number of nitrogens with zero attached hydrogens (tertiary/aromatic N) is 1. The predicted octanol–water partition coefficient (Wildman–Crippen LogP) is 3.01. The largest absolute Gasteiger partial charge is 0.326 e. The minimum absolute atomic E-state index is 0.115. The van der Waals surface area contributed by atoms with Crippen LogP contribution in [-0.2, 0) is 19.4 Å². The second-order valence-corrected chi connectivity index (χ2v) is 8.59. The molecule has 0 aromatic heterocycles. The average molecular weight is 386 g/mol. The Morgan fingerprint density at radius 1 is 1.00 bits per heavy atom. The maximum Gasteiger partial charge on any atom is 0.226 e. The lowest BCUT2D eigenvalue weighted by Gasteiger charge is -2.26. The summed E-state index contributed by atoms with van der Waals surface area (Å²) in [6, 6.07) is 15.1. The molecule has 0 spiro atoms. The highest BCUT2D eigenvalue weighted by atomic mass is 32.2. The van der Waals surface area contributed by atoms with Gasteiger partial charge in [0.2, 0.25) is 11.8 Å². The number of rotatable bonds is 6. The second-order valence-electron chi connectivity index (χ2n) is 6.48. The average Bonchev–Trinajstić information content (AvgIpc) is 2.68. The molecule has 0 radical (unpaired) electrons. The maximum atomic E-state index is 12.2. The van der Waals surface area contributed by atoms with Crippen molar-refractivity contribution in [3.05, 3.63) is 54.6 Å². The van der Waals surface area contributed by atoms with E-state index >= 15 is 0 Å². The fourth-order valence-electron chi connectivity index (χ4n) is 3.00. The molecule has 2 aromatic carbocycles. The molecule has 3 rings (SSSR count). The van der Waals surface area contributed by atoms with Crippen LogP contribution in [0.3, 0.4) is 0 Å². The van der Waals surface area contributed by atoms with Gasteiger partial charge in [-0.1, -0.05) is 18.2 Å². The third-order valence-corrected chi connectivity index (χ3v) is 6.22. The van der Waals surface area contributed by atoms with Crippen molar-refractivity contribution < 1.29 is 18.0 Å². The smallest absolute Gasteiger partial charge is 0.226 e. The van der Waals surface area contributed by atoms with Gasteiger partial charge in [0.25, 0.3) is 0 Å². The molecule has 1 N–H and O–H groups in total. The Bertz CT molecular complexity index is 909. The number of hydrogen-bond donors (Lipinski definition) is 1. The van der Waals surface area contributed by atoms with Gasteiger partial charge >= 0.3 is 0 Å². The van der Waals surface area contributed by atoms with Crippen LogP contribution in [0.5, 0.6) is 0 Å². The fourth-order valence-corrected chi connectivity index (χ4v) is 4.26. The molecule has 1 aliphatic rings. The van der Waals surface area contributed by atoms with Gasteiger partial charge in [-0.3, -0.25) is 9.59 Å². The van der Waals surface area contributed by atoms with Gasteiger partial charge in [0.05, 0.1) is 10.6 Å². The number of piperidine rings is 1. The standard InChI is InChI=1S/C20H22N2O4S/c23-19(13-15-27(25,26)18-6-2-1-3-7-18)21-16-9-11-17(12-10-16)22-14-5-4-8-20(22)24/h1-3,6-7,9-12H,4-5,8,13-15H2,(H,21,23). The molecule has 0 unspecified atom stereocenters. The Kier molecular flexibility index (Phi) is 5.91. The van der Waals surface area contributed by atoms with Crippen molar-refractivity contribution in [1.82, 2.24) is 0 Å². The molecule has 1 fully saturated rings. The van der Waals surface area contributed by atoms with E-state index in [1.807, 2.05) is 0 Å². The van der Waals surface area contributed by atoms with Crippen molar-refractivity contribution in [3.63, 3.8) is 0 Å². The highest BCUT2D eigenvalue weighted by molar-refractivity contribution is 7.91. The number of sulfone groups is 1. The third kappa shape index (κ3) is 4.95. The monoisotopic (exact) mass is 386 g/mol. The Balaban J connectivity index is 1.56. The van der Waals surface area contributed by atoms with E-state index in [1.54, 1.807) is 47.4 Å². The van der Waals surface area contributed by atoms with E-state index in [9.17, 15) is 18.0 Å². The zero-order chi connectivity index (χ0) is 19.3. The summed E-state index contributed by atoms with van der Waals surface area (Å²) in [4.78, 5) is 26.0. The lowest BCUT2D eigenvalue weighted by atomic mass is 10.1. The van der Waals surface area contributed by atoms with Crippen molar-refractivity contribution in [2.75, 3.05) is 22.5 Å². The molecule has 0 saturated carbocycles. The van der Waals surface area contributed by atoms with Gasteiger partial charge in [-0.2, -0.15) is 0 Å². The molecule has 1 aliphatic heterocycles. The van der Waals surface area contributed by atoms with E-state index in [0.29, 0.717) is 18.7 Å². The van der Waals surface area contributed by atoms with Crippen LogP contribution < -0.4 is 10.2 Å². The Hall–Kier alpha value is -2.67. The zero-order valence-corrected chi connectivity index (χ0v) is 15.7. The van der Waals surface area contributed by atoms with E-state index in [1.165, 1.54) is 12.1 Å². The molecule has 27 heavy (non-hydrogen) atoms. The van der Waals surface area contributed by atoms with Crippen LogP contribution in [0, 0.1) is 0 Å². The summed E-state index contributed by atoms with van der Waals surface area (Å²) in [6.45, 7) is 0.710. The minimum Gasteiger partial charge on any atom is -0.326 e. The van der Waals surface area contributed by atoms with Gasteiger partial charge in [-0.25, -0.2) is 8.42 Å². The van der Waals surface area contributed by atoms with E-state index in [0.717, 1.165) is 18.5 Å². The predicted molar refractivity (Wildman–Crippen MR) is 104 cm³/mol. The summed E-state index contributed by atoms with van der Waals surface area (Å²) in [6.07, 6.45) is 2.35. The lowest BCUT2D eigenvalue weighted by Crippen LogP contribution is -2.35. The Labute approximate surface area is 159 Å². The summed E-state index contributed by atoms with van der Waals surface area (Å²) >= 11 is 0. The molecule has 0 atom stereocenters. The normalized spacial score (nSPS) is 14.8. The van der Waals surface area contributed by atoms with Gasteiger partial charge in [-0.05, 0) is 49.2 Å². The first-order chi connectivity index (χ1) is 13.0. The fraction of sp³-hybridized carbons (Fsp3) is 0.300. The number of benzene rings is 2. The molecule has 2 amide bonds. The summed E-state index contributed by atoms with van der Waals surface area (Å²) in [7, 11) is -3.48. The SMILES string of the molecule is O=C(CCS(=O)(=O)c1ccccc1)Nc1ccc(N2CCCCC2=O)cc1. The second kappa shape index (κ2) is 8.35. The van der Waals surface area contributed by atoms with Gasteiger partial charge in [0.15, 0.2) is 9.84 Å². The maximum absolute atomic E-state index is 12.2. The molecule has 7 heteroatoms. The molecule has 2 aromatic rings. The zero-order valence-electron chi connectivity index (χ0n) is 14.9. The van der Waals surface area contributed by atoms with Crippen molar-refractivity contribution in [2.24, 2.45) is 0 Å². The lowest BCUT2D eigenvalue weighted by molar-refractivity contribution is -0.119. The molecule has 1 heterocycles. The molecule has 142 valence electrons. The number of anilines is 2. The Morgan fingerprint density at radius 2 is 1.70 bits per heavy atom. The van der Waals surface area contributed by atoms with E-state index in [-0.39, 0.29) is 28.9 Å². The van der Waals surface area contributed by atoms with Crippen molar-refractivity contribution in [3.8, 4) is 0 Å². The van der Waals surface area contributed by atoms with Crippen LogP contribution in [0.4, 0.5) is 11.4 Å². The number of carbonyl (C=O) groups excluding carboxylic acids is 2. The van der Waals surface area contributed by atoms with Gasteiger partial charge in [-0.15, -0.1) is 0 Å². The summed E-state index contributed by atoms with van der Waals surface area (Å²) in [5, 5.41) is 2.70. The first-order valence-electron chi connectivity index (χ1n) is 8.94. The minimum atomic E-state index is -3.48. The molecular formula is C20H22N2O4S. The van der Waals surface area contributed by atoms with Crippen LogP contribution in [0.1, 0.15) is 25.7 Å². The molecular weight excluding hydrogens is 364 g/mol. The van der Waals surface area contributed by atoms with E-state index in [4.69, 9.17) is 0 Å². The number of amides is 2. The topological polar surface area (TPSA) is 83.6 Å². The molecule has 6 nitrogen and oxygen atoms in total. The van der Waals surface area contributed by atoms with Gasteiger partial charge in [0, 0.05) is 30.8 Å². The van der Waals surface area contributed by atoms with Gasteiger partial charge in [0.1, 0.15) is 0 Å². The first kappa shape index (κ1) is 19.1. The Morgan fingerprint density at radius 3 is 2.37 bits per heavy atom. The number of nitrogens with one attached hydrogen (secondary N) is 1. The van der Waals surface area contributed by atoms with Crippen LogP contribution in [0.2, 0.25) is 0 Å². The highest BCUT2D eigenvalue weighted by Crippen LogP contribution is 2.23. The summed E-state index contributed by atoms with van der Waals surface area (Å²) in [5.74, 6) is -0.496. The van der Waals surface area contributed by atoms with Crippen molar-refractivity contribution in [1.29, 1.82) is 0 Å². The van der Waals surface area contributed by atoms with Crippen molar-refractivity contribution >= 4 is 33.0 Å². The quantitative estimate of drug-likeness (QED) is 0.827. The van der Waals surface area contributed by atoms with Crippen molar-refractivity contribution in [2.45, 2.75) is 30.6 Å². The third-order valence-electron chi connectivity index (χ3n) is 4.49. The van der Waals surface area contributed by atoms with Crippen LogP contribution >= 0.6 is 0 Å². The number of carbonyl (C=O) groups is 2. The first-order valence-corrected chi connectivity index (χ1v) is 10.6. The number of hydrogen-bond acceptors (Lipinski definition) is 4. The summed E-state index contributed by atoms with van der Waals surface area (Å²) < 4.78 is 24.4. The van der Waals surface area contributed by atoms with Crippen LogP contribution in [0.15, 0.2) is 59.5 Å².